The van der Waals surface area contributed by atoms with Gasteiger partial charge in [0.05, 0.1) is 4.58 Å². The molecule has 1 saturated carbocycles. The van der Waals surface area contributed by atoms with Crippen molar-refractivity contribution in [3.63, 3.8) is 0 Å². The summed E-state index contributed by atoms with van der Waals surface area (Å²) in [5, 5.41) is 0. The first-order valence-corrected chi connectivity index (χ1v) is 10.2. The Labute approximate surface area is 152 Å². The molecule has 1 aromatic carbocycles. The Morgan fingerprint density at radius 2 is 1.78 bits per heavy atom. The molecule has 1 amide bonds. The van der Waals surface area contributed by atoms with E-state index in [1.54, 1.807) is 0 Å². The summed E-state index contributed by atoms with van der Waals surface area (Å²) in [5.41, 5.74) is 8.33. The van der Waals surface area contributed by atoms with E-state index >= 15 is 0 Å². The number of halogens is 1. The zero-order valence-electron chi connectivity index (χ0n) is 13.0. The van der Waals surface area contributed by atoms with Gasteiger partial charge in [0.15, 0.2) is 0 Å². The first kappa shape index (κ1) is 17.5. The van der Waals surface area contributed by atoms with Gasteiger partial charge in [0.25, 0.3) is 5.91 Å². The summed E-state index contributed by atoms with van der Waals surface area (Å²) in [6.07, 6.45) is 2.31. The van der Waals surface area contributed by atoms with Gasteiger partial charge in [-0.05, 0) is 42.4 Å². The molecule has 2 saturated heterocycles. The number of rotatable bonds is 2. The summed E-state index contributed by atoms with van der Waals surface area (Å²) in [7, 11) is 0. The molecule has 3 nitrogen and oxygen atoms in total. The smallest absolute Gasteiger partial charge is 0.253 e. The van der Waals surface area contributed by atoms with Crippen LogP contribution in [0, 0.1) is 11.8 Å². The first-order chi connectivity index (χ1) is 10.7. The van der Waals surface area contributed by atoms with E-state index in [-0.39, 0.29) is 18.3 Å². The van der Waals surface area contributed by atoms with Crippen LogP contribution in [0.1, 0.15) is 33.3 Å². The van der Waals surface area contributed by atoms with Crippen LogP contribution < -0.4 is 5.73 Å². The molecule has 3 atom stereocenters. The van der Waals surface area contributed by atoms with Crippen molar-refractivity contribution in [2.45, 2.75) is 23.5 Å². The highest BCUT2D eigenvalue weighted by molar-refractivity contribution is 8.19. The number of hydrogen-bond acceptors (Lipinski definition) is 4. The molecule has 2 aliphatic heterocycles. The number of carbonyl (C=O) groups excluding carboxylic acids is 1. The average Bonchev–Trinajstić information content (AvgIpc) is 3.26. The summed E-state index contributed by atoms with van der Waals surface area (Å²) < 4.78 is 0.549. The lowest BCUT2D eigenvalue weighted by atomic mass is 9.98. The van der Waals surface area contributed by atoms with E-state index in [0.717, 1.165) is 25.1 Å². The number of hydrogen-bond donors (Lipinski definition) is 1. The molecule has 1 aliphatic carbocycles. The second kappa shape index (κ2) is 7.26. The standard InChI is InChI=1S/C17H22N2OS2.ClH/c18-15-6-5-13-9-19(10-14(13)15)16(20)11-1-3-12(4-2-11)17-21-7-8-22-17;/h1-4,13-15,17H,5-10,18H2;1H. The van der Waals surface area contributed by atoms with Gasteiger partial charge >= 0.3 is 0 Å². The molecule has 0 radical (unpaired) electrons. The molecule has 0 spiro atoms. The highest BCUT2D eigenvalue weighted by atomic mass is 35.5. The minimum atomic E-state index is 0. The van der Waals surface area contributed by atoms with Crippen LogP contribution in [0.2, 0.25) is 0 Å². The summed E-state index contributed by atoms with van der Waals surface area (Å²) in [6, 6.07) is 8.56. The molecule has 6 heteroatoms. The fourth-order valence-corrected chi connectivity index (χ4v) is 6.85. The number of carbonyl (C=O) groups is 1. The van der Waals surface area contributed by atoms with E-state index in [2.05, 4.69) is 12.1 Å². The molecule has 2 N–H and O–H groups in total. The van der Waals surface area contributed by atoms with Crippen LogP contribution in [0.5, 0.6) is 0 Å². The zero-order valence-corrected chi connectivity index (χ0v) is 15.5. The van der Waals surface area contributed by atoms with Crippen molar-refractivity contribution in [2.75, 3.05) is 24.6 Å². The molecular weight excluding hydrogens is 348 g/mol. The Bertz CT molecular complexity index is 562. The summed E-state index contributed by atoms with van der Waals surface area (Å²) in [6.45, 7) is 1.74. The number of nitrogens with two attached hydrogens (primary N) is 1. The van der Waals surface area contributed by atoms with Gasteiger partial charge in [0.1, 0.15) is 0 Å². The Hall–Kier alpha value is -0.360. The number of likely N-dealkylation sites (tertiary alicyclic amines) is 1. The SMILES string of the molecule is Cl.NC1CCC2CN(C(=O)c3ccc(C4SCCS4)cc3)CC12. The van der Waals surface area contributed by atoms with E-state index in [9.17, 15) is 4.79 Å². The van der Waals surface area contributed by atoms with Gasteiger partial charge in [0.2, 0.25) is 0 Å². The maximum absolute atomic E-state index is 12.7. The van der Waals surface area contributed by atoms with Crippen molar-refractivity contribution in [2.24, 2.45) is 17.6 Å². The first-order valence-electron chi connectivity index (χ1n) is 8.10. The molecule has 3 unspecified atom stereocenters. The van der Waals surface area contributed by atoms with E-state index in [1.807, 2.05) is 40.6 Å². The fraction of sp³-hybridized carbons (Fsp3) is 0.588. The molecule has 0 bridgehead atoms. The van der Waals surface area contributed by atoms with Gasteiger partial charge < -0.3 is 10.6 Å². The average molecular weight is 371 g/mol. The van der Waals surface area contributed by atoms with Crippen molar-refractivity contribution in [1.29, 1.82) is 0 Å². The number of thioether (sulfide) groups is 2. The summed E-state index contributed by atoms with van der Waals surface area (Å²) in [4.78, 5) is 14.7. The minimum Gasteiger partial charge on any atom is -0.338 e. The van der Waals surface area contributed by atoms with Crippen LogP contribution >= 0.6 is 35.9 Å². The van der Waals surface area contributed by atoms with Crippen LogP contribution in [-0.4, -0.2) is 41.4 Å². The Morgan fingerprint density at radius 3 is 2.43 bits per heavy atom. The Kier molecular flexibility index (Phi) is 5.51. The topological polar surface area (TPSA) is 46.3 Å². The predicted molar refractivity (Wildman–Crippen MR) is 101 cm³/mol. The number of nitrogens with zero attached hydrogens (tertiary/aromatic N) is 1. The van der Waals surface area contributed by atoms with Gasteiger partial charge in [0, 0.05) is 36.2 Å². The highest BCUT2D eigenvalue weighted by Crippen LogP contribution is 2.45. The van der Waals surface area contributed by atoms with Crippen LogP contribution in [0.4, 0.5) is 0 Å². The number of amides is 1. The second-order valence-electron chi connectivity index (χ2n) is 6.57. The van der Waals surface area contributed by atoms with Gasteiger partial charge in [-0.3, -0.25) is 4.79 Å². The minimum absolute atomic E-state index is 0. The molecular formula is C17H23ClN2OS2. The molecule has 2 heterocycles. The predicted octanol–water partition coefficient (Wildman–Crippen LogP) is 3.40. The van der Waals surface area contributed by atoms with Crippen LogP contribution in [0.15, 0.2) is 24.3 Å². The van der Waals surface area contributed by atoms with Crippen molar-refractivity contribution >= 4 is 41.8 Å². The maximum atomic E-state index is 12.7. The van der Waals surface area contributed by atoms with Gasteiger partial charge in [-0.25, -0.2) is 0 Å². The van der Waals surface area contributed by atoms with E-state index in [4.69, 9.17) is 5.73 Å². The lowest BCUT2D eigenvalue weighted by Gasteiger charge is -2.19. The molecule has 3 aliphatic rings. The van der Waals surface area contributed by atoms with Crippen molar-refractivity contribution in [3.8, 4) is 0 Å². The largest absolute Gasteiger partial charge is 0.338 e. The van der Waals surface area contributed by atoms with Crippen molar-refractivity contribution in [3.05, 3.63) is 35.4 Å². The normalized spacial score (nSPS) is 30.3. The Morgan fingerprint density at radius 1 is 1.09 bits per heavy atom. The molecule has 4 rings (SSSR count). The van der Waals surface area contributed by atoms with Crippen molar-refractivity contribution < 1.29 is 4.79 Å². The molecule has 126 valence electrons. The zero-order chi connectivity index (χ0) is 15.1. The third kappa shape index (κ3) is 3.39. The highest BCUT2D eigenvalue weighted by Gasteiger charge is 2.42. The molecule has 23 heavy (non-hydrogen) atoms. The van der Waals surface area contributed by atoms with Gasteiger partial charge in [-0.1, -0.05) is 12.1 Å². The maximum Gasteiger partial charge on any atom is 0.253 e. The molecule has 1 aromatic rings. The lowest BCUT2D eigenvalue weighted by Crippen LogP contribution is -2.33. The lowest BCUT2D eigenvalue weighted by molar-refractivity contribution is 0.0779. The van der Waals surface area contributed by atoms with Crippen LogP contribution in [0.25, 0.3) is 0 Å². The third-order valence-corrected chi connectivity index (χ3v) is 8.36. The van der Waals surface area contributed by atoms with E-state index in [0.29, 0.717) is 22.5 Å². The molecule has 3 fully saturated rings. The van der Waals surface area contributed by atoms with Gasteiger partial charge in [-0.2, -0.15) is 0 Å². The van der Waals surface area contributed by atoms with Crippen LogP contribution in [0.3, 0.4) is 0 Å². The van der Waals surface area contributed by atoms with Crippen molar-refractivity contribution in [1.82, 2.24) is 4.90 Å². The number of benzene rings is 1. The quantitative estimate of drug-likeness (QED) is 0.866. The van der Waals surface area contributed by atoms with E-state index < -0.39 is 0 Å². The molecule has 0 aromatic heterocycles. The third-order valence-electron chi connectivity index (χ3n) is 5.25. The Balaban J connectivity index is 0.00000156. The second-order valence-corrected chi connectivity index (χ2v) is 9.30. The van der Waals surface area contributed by atoms with E-state index in [1.165, 1.54) is 23.5 Å². The summed E-state index contributed by atoms with van der Waals surface area (Å²) in [5.74, 6) is 3.79. The fourth-order valence-electron chi connectivity index (χ4n) is 3.99. The van der Waals surface area contributed by atoms with Gasteiger partial charge in [-0.15, -0.1) is 35.9 Å². The monoisotopic (exact) mass is 370 g/mol. The number of fused-ring (bicyclic) bond motifs is 1. The van der Waals surface area contributed by atoms with Crippen LogP contribution in [-0.2, 0) is 0 Å². The summed E-state index contributed by atoms with van der Waals surface area (Å²) >= 11 is 4.00.